The Balaban J connectivity index is 1.17. The molecule has 4 heterocycles. The number of para-hydroxylation sites is 1. The smallest absolute Gasteiger partial charge is 0.161 e. The van der Waals surface area contributed by atoms with E-state index in [1.54, 1.807) is 0 Å². The Hall–Kier alpha value is -5.45. The first kappa shape index (κ1) is 29.3. The number of rotatable bonds is 11. The van der Waals surface area contributed by atoms with Gasteiger partial charge in [0, 0.05) is 49.2 Å². The zero-order chi connectivity index (χ0) is 31.5. The van der Waals surface area contributed by atoms with Crippen LogP contribution in [0.2, 0.25) is 0 Å². The van der Waals surface area contributed by atoms with Gasteiger partial charge in [0.25, 0.3) is 0 Å². The minimum atomic E-state index is -0.370. The van der Waals surface area contributed by atoms with Crippen LogP contribution in [-0.2, 0) is 13.1 Å². The number of likely N-dealkylation sites (N-methyl/N-ethyl adjacent to an activating group) is 1. The number of pyridine rings is 2. The predicted octanol–water partition coefficient (Wildman–Crippen LogP) is 6.60. The second kappa shape index (κ2) is 12.9. The highest BCUT2D eigenvalue weighted by molar-refractivity contribution is 5.96. The molecule has 4 aromatic heterocycles. The molecule has 0 aliphatic heterocycles. The number of hydrogen-bond acceptors (Lipinski definition) is 7. The molecule has 0 atom stereocenters. The first-order chi connectivity index (χ1) is 22.5. The number of imidazole rings is 1. The van der Waals surface area contributed by atoms with Crippen molar-refractivity contribution in [2.75, 3.05) is 27.2 Å². The predicted molar refractivity (Wildman–Crippen MR) is 179 cm³/mol. The van der Waals surface area contributed by atoms with Gasteiger partial charge in [0.05, 0.1) is 22.2 Å². The van der Waals surface area contributed by atoms with Crippen molar-refractivity contribution >= 4 is 22.1 Å². The Morgan fingerprint density at radius 3 is 2.54 bits per heavy atom. The maximum absolute atomic E-state index is 14.7. The second-order valence-electron chi connectivity index (χ2n) is 11.5. The Kier molecular flexibility index (Phi) is 8.20. The molecule has 3 N–H and O–H groups in total. The third-order valence-corrected chi connectivity index (χ3v) is 7.73. The van der Waals surface area contributed by atoms with Crippen molar-refractivity contribution in [2.45, 2.75) is 13.1 Å². The number of fused-ring (bicyclic) bond motifs is 2. The lowest BCUT2D eigenvalue weighted by Crippen LogP contribution is -2.19. The van der Waals surface area contributed by atoms with E-state index in [1.165, 1.54) is 17.7 Å². The SMILES string of the molecule is CN(C)CCOc1cc(F)cc(-c2cccc3[nH]c(-c4n[nH]c5ccc(-c6cncc(CNCc7ccccc7)c6)nc45)nc23)c1. The third-order valence-electron chi connectivity index (χ3n) is 7.73. The molecule has 0 aliphatic rings. The van der Waals surface area contributed by atoms with Crippen LogP contribution in [0.4, 0.5) is 4.39 Å². The molecule has 0 unspecified atom stereocenters. The summed E-state index contributed by atoms with van der Waals surface area (Å²) in [7, 11) is 3.94. The van der Waals surface area contributed by atoms with Gasteiger partial charge in [0.1, 0.15) is 23.7 Å². The van der Waals surface area contributed by atoms with Gasteiger partial charge in [-0.15, -0.1) is 0 Å². The van der Waals surface area contributed by atoms with E-state index in [2.05, 4.69) is 43.7 Å². The number of nitrogens with zero attached hydrogens (tertiary/aromatic N) is 5. The molecule has 7 aromatic rings. The Morgan fingerprint density at radius 1 is 0.804 bits per heavy atom. The number of aromatic amines is 2. The number of halogens is 1. The molecule has 0 fully saturated rings. The van der Waals surface area contributed by atoms with Crippen LogP contribution >= 0.6 is 0 Å². The number of ether oxygens (including phenoxy) is 1. The summed E-state index contributed by atoms with van der Waals surface area (Å²) in [6.45, 7) is 2.65. The summed E-state index contributed by atoms with van der Waals surface area (Å²) in [5, 5.41) is 11.1. The molecule has 7 rings (SSSR count). The van der Waals surface area contributed by atoms with Crippen molar-refractivity contribution in [3.05, 3.63) is 114 Å². The maximum Gasteiger partial charge on any atom is 0.161 e. The molecule has 3 aromatic carbocycles. The van der Waals surface area contributed by atoms with Crippen LogP contribution in [0, 0.1) is 5.82 Å². The van der Waals surface area contributed by atoms with Gasteiger partial charge in [-0.2, -0.15) is 5.10 Å². The van der Waals surface area contributed by atoms with Gasteiger partial charge in [-0.1, -0.05) is 42.5 Å². The van der Waals surface area contributed by atoms with E-state index in [4.69, 9.17) is 14.7 Å². The highest BCUT2D eigenvalue weighted by Crippen LogP contribution is 2.33. The fraction of sp³-hybridized carbons (Fsp3) is 0.167. The van der Waals surface area contributed by atoms with E-state index < -0.39 is 0 Å². The molecule has 0 radical (unpaired) electrons. The minimum Gasteiger partial charge on any atom is -0.492 e. The van der Waals surface area contributed by atoms with Crippen molar-refractivity contribution in [3.8, 4) is 39.7 Å². The lowest BCUT2D eigenvalue weighted by molar-refractivity contribution is 0.260. The van der Waals surface area contributed by atoms with Gasteiger partial charge >= 0.3 is 0 Å². The van der Waals surface area contributed by atoms with Crippen LogP contribution in [0.15, 0.2) is 97.3 Å². The molecule has 0 bridgehead atoms. The number of aromatic nitrogens is 6. The highest BCUT2D eigenvalue weighted by Gasteiger charge is 2.18. The quantitative estimate of drug-likeness (QED) is 0.151. The van der Waals surface area contributed by atoms with Crippen molar-refractivity contribution in [1.29, 1.82) is 0 Å². The van der Waals surface area contributed by atoms with Gasteiger partial charge < -0.3 is 19.9 Å². The normalized spacial score (nSPS) is 11.6. The molecular formula is C36H33FN8O. The first-order valence-electron chi connectivity index (χ1n) is 15.1. The lowest BCUT2D eigenvalue weighted by atomic mass is 10.0. The molecule has 9 nitrogen and oxygen atoms in total. The zero-order valence-corrected chi connectivity index (χ0v) is 25.6. The van der Waals surface area contributed by atoms with E-state index in [-0.39, 0.29) is 5.82 Å². The van der Waals surface area contributed by atoms with Gasteiger partial charge in [0.2, 0.25) is 0 Å². The Labute approximate surface area is 265 Å². The van der Waals surface area contributed by atoms with E-state index in [0.29, 0.717) is 47.0 Å². The van der Waals surface area contributed by atoms with Crippen LogP contribution in [0.25, 0.3) is 56.0 Å². The summed E-state index contributed by atoms with van der Waals surface area (Å²) in [5.74, 6) is 0.671. The molecule has 0 saturated carbocycles. The number of H-pyrrole nitrogens is 2. The summed E-state index contributed by atoms with van der Waals surface area (Å²) < 4.78 is 20.5. The van der Waals surface area contributed by atoms with Gasteiger partial charge in [-0.05, 0) is 67.2 Å². The van der Waals surface area contributed by atoms with Crippen molar-refractivity contribution < 1.29 is 9.13 Å². The standard InChI is InChI=1S/C36H33FN8O/c1-45(2)13-14-46-28-17-25(16-27(37)18-28)29-9-6-10-31-33(29)42-36(41-31)35-34-32(43-44-35)12-11-30(40-34)26-15-24(21-39-22-26)20-38-19-23-7-4-3-5-8-23/h3-12,15-18,21-22,38H,13-14,19-20H2,1-2H3,(H,41,42)(H,43,44). The fourth-order valence-electron chi connectivity index (χ4n) is 5.42. The number of benzene rings is 3. The monoisotopic (exact) mass is 612 g/mol. The molecule has 230 valence electrons. The van der Waals surface area contributed by atoms with E-state index in [1.807, 2.05) is 86.0 Å². The topological polar surface area (TPSA) is 108 Å². The van der Waals surface area contributed by atoms with E-state index in [0.717, 1.165) is 46.5 Å². The van der Waals surface area contributed by atoms with Crippen LogP contribution in [0.3, 0.4) is 0 Å². The van der Waals surface area contributed by atoms with Gasteiger partial charge in [0.15, 0.2) is 11.5 Å². The molecule has 46 heavy (non-hydrogen) atoms. The lowest BCUT2D eigenvalue weighted by Gasteiger charge is -2.12. The molecule has 10 heteroatoms. The summed E-state index contributed by atoms with van der Waals surface area (Å²) >= 11 is 0. The van der Waals surface area contributed by atoms with E-state index in [9.17, 15) is 4.39 Å². The Bertz CT molecular complexity index is 2120. The average molecular weight is 613 g/mol. The second-order valence-corrected chi connectivity index (χ2v) is 11.5. The molecule has 0 spiro atoms. The zero-order valence-electron chi connectivity index (χ0n) is 25.6. The highest BCUT2D eigenvalue weighted by atomic mass is 19.1. The van der Waals surface area contributed by atoms with Crippen molar-refractivity contribution in [3.63, 3.8) is 0 Å². The number of nitrogens with one attached hydrogen (secondary N) is 3. The molecule has 0 aliphatic carbocycles. The van der Waals surface area contributed by atoms with E-state index >= 15 is 0 Å². The summed E-state index contributed by atoms with van der Waals surface area (Å²) in [6.07, 6.45) is 3.69. The molecule has 0 saturated heterocycles. The summed E-state index contributed by atoms with van der Waals surface area (Å²) in [4.78, 5) is 19.8. The van der Waals surface area contributed by atoms with Crippen LogP contribution in [0.5, 0.6) is 5.75 Å². The summed E-state index contributed by atoms with van der Waals surface area (Å²) in [5.41, 5.74) is 9.04. The third kappa shape index (κ3) is 6.35. The average Bonchev–Trinajstić information content (AvgIpc) is 3.69. The van der Waals surface area contributed by atoms with Crippen LogP contribution in [0.1, 0.15) is 11.1 Å². The number of hydrogen-bond donors (Lipinski definition) is 3. The molecule has 0 amide bonds. The first-order valence-corrected chi connectivity index (χ1v) is 15.1. The maximum atomic E-state index is 14.7. The molecular weight excluding hydrogens is 579 g/mol. The van der Waals surface area contributed by atoms with Crippen molar-refractivity contribution in [1.82, 2.24) is 40.3 Å². The largest absolute Gasteiger partial charge is 0.492 e. The van der Waals surface area contributed by atoms with Crippen molar-refractivity contribution in [2.24, 2.45) is 0 Å². The minimum absolute atomic E-state index is 0.370. The fourth-order valence-corrected chi connectivity index (χ4v) is 5.42. The van der Waals surface area contributed by atoms with Gasteiger partial charge in [-0.25, -0.2) is 14.4 Å². The van der Waals surface area contributed by atoms with Crippen LogP contribution < -0.4 is 10.1 Å². The van der Waals surface area contributed by atoms with Gasteiger partial charge in [-0.3, -0.25) is 10.1 Å². The Morgan fingerprint density at radius 2 is 1.67 bits per heavy atom. The van der Waals surface area contributed by atoms with Crippen LogP contribution in [-0.4, -0.2) is 62.3 Å². The summed E-state index contributed by atoms with van der Waals surface area (Å²) in [6, 6.07) is 26.9.